The van der Waals surface area contributed by atoms with Crippen LogP contribution >= 0.6 is 0 Å². The lowest BCUT2D eigenvalue weighted by atomic mass is 10.1. The summed E-state index contributed by atoms with van der Waals surface area (Å²) in [5, 5.41) is 17.4. The molecule has 0 aliphatic heterocycles. The number of aliphatic hydroxyl groups is 1. The van der Waals surface area contributed by atoms with E-state index in [1.807, 2.05) is 18.7 Å². The van der Waals surface area contributed by atoms with Crippen LogP contribution in [-0.2, 0) is 13.6 Å². The van der Waals surface area contributed by atoms with E-state index in [0.29, 0.717) is 12.6 Å². The smallest absolute Gasteiger partial charge is 0.131 e. The van der Waals surface area contributed by atoms with E-state index in [9.17, 15) is 5.11 Å². The summed E-state index contributed by atoms with van der Waals surface area (Å²) in [6.45, 7) is 14.4. The van der Waals surface area contributed by atoms with Crippen molar-refractivity contribution in [1.29, 1.82) is 0 Å². The summed E-state index contributed by atoms with van der Waals surface area (Å²) in [5.41, 5.74) is 2.33. The predicted molar refractivity (Wildman–Crippen MR) is 84.1 cm³/mol. The third-order valence-corrected chi connectivity index (χ3v) is 3.34. The van der Waals surface area contributed by atoms with Crippen molar-refractivity contribution in [2.75, 3.05) is 18.1 Å². The van der Waals surface area contributed by atoms with Crippen LogP contribution in [0.2, 0.25) is 0 Å². The van der Waals surface area contributed by atoms with Crippen molar-refractivity contribution < 1.29 is 5.11 Å². The molecule has 0 aliphatic rings. The summed E-state index contributed by atoms with van der Waals surface area (Å²) in [6.07, 6.45) is 0. The molecule has 1 aromatic rings. The molecule has 0 spiro atoms. The van der Waals surface area contributed by atoms with Gasteiger partial charge in [0.2, 0.25) is 0 Å². The first-order valence-electron chi connectivity index (χ1n) is 7.32. The largest absolute Gasteiger partial charge is 0.395 e. The highest BCUT2D eigenvalue weighted by atomic mass is 16.3. The molecule has 0 aliphatic carbocycles. The molecule has 0 fully saturated rings. The Hall–Kier alpha value is -1.07. The van der Waals surface area contributed by atoms with E-state index in [0.717, 1.165) is 18.1 Å². The summed E-state index contributed by atoms with van der Waals surface area (Å²) in [4.78, 5) is 2.21. The number of anilines is 1. The normalized spacial score (nSPS) is 12.2. The van der Waals surface area contributed by atoms with Crippen molar-refractivity contribution >= 4 is 5.82 Å². The maximum atomic E-state index is 9.31. The van der Waals surface area contributed by atoms with Gasteiger partial charge in [0.25, 0.3) is 0 Å². The molecule has 116 valence electrons. The zero-order valence-corrected chi connectivity index (χ0v) is 14.0. The fraction of sp³-hybridized carbons (Fsp3) is 0.800. The van der Waals surface area contributed by atoms with Gasteiger partial charge in [-0.05, 0) is 41.5 Å². The number of nitrogens with one attached hydrogen (secondary N) is 1. The number of aromatic nitrogens is 2. The van der Waals surface area contributed by atoms with Crippen molar-refractivity contribution in [3.63, 3.8) is 0 Å². The van der Waals surface area contributed by atoms with E-state index in [1.54, 1.807) is 0 Å². The Morgan fingerprint density at radius 2 is 1.95 bits per heavy atom. The average molecular weight is 282 g/mol. The molecule has 2 N–H and O–H groups in total. The molecule has 0 amide bonds. The SMILES string of the molecule is Cc1nn(C)c(N(CCO)C(C)C)c1CNC(C)(C)C. The molecule has 0 atom stereocenters. The lowest BCUT2D eigenvalue weighted by Gasteiger charge is -2.30. The number of nitrogens with zero attached hydrogens (tertiary/aromatic N) is 3. The van der Waals surface area contributed by atoms with Gasteiger partial charge in [-0.3, -0.25) is 4.68 Å². The molecule has 1 aromatic heterocycles. The molecular formula is C15H30N4O. The Balaban J connectivity index is 3.10. The Bertz CT molecular complexity index is 432. The molecule has 5 heteroatoms. The number of hydrogen-bond donors (Lipinski definition) is 2. The maximum absolute atomic E-state index is 9.31. The molecular weight excluding hydrogens is 252 g/mol. The summed E-state index contributed by atoms with van der Waals surface area (Å²) < 4.78 is 1.92. The molecule has 0 bridgehead atoms. The standard InChI is InChI=1S/C15H30N4O/c1-11(2)19(8-9-20)14-13(10-16-15(4,5)6)12(3)17-18(14)7/h11,16,20H,8-10H2,1-7H3. The number of aryl methyl sites for hydroxylation is 2. The summed E-state index contributed by atoms with van der Waals surface area (Å²) in [7, 11) is 1.97. The van der Waals surface area contributed by atoms with Gasteiger partial charge >= 0.3 is 0 Å². The van der Waals surface area contributed by atoms with Crippen LogP contribution in [0.25, 0.3) is 0 Å². The fourth-order valence-corrected chi connectivity index (χ4v) is 2.33. The first kappa shape index (κ1) is 17.0. The molecule has 0 unspecified atom stereocenters. The first-order chi connectivity index (χ1) is 9.17. The fourth-order valence-electron chi connectivity index (χ4n) is 2.33. The first-order valence-corrected chi connectivity index (χ1v) is 7.32. The zero-order chi connectivity index (χ0) is 15.5. The van der Waals surface area contributed by atoms with Gasteiger partial charge in [-0.15, -0.1) is 0 Å². The van der Waals surface area contributed by atoms with E-state index in [1.165, 1.54) is 5.56 Å². The van der Waals surface area contributed by atoms with Gasteiger partial charge < -0.3 is 15.3 Å². The van der Waals surface area contributed by atoms with E-state index in [4.69, 9.17) is 0 Å². The summed E-state index contributed by atoms with van der Waals surface area (Å²) in [5.74, 6) is 1.10. The minimum Gasteiger partial charge on any atom is -0.395 e. The van der Waals surface area contributed by atoms with E-state index in [2.05, 4.69) is 49.9 Å². The third kappa shape index (κ3) is 4.21. The Kier molecular flexibility index (Phi) is 5.59. The Morgan fingerprint density at radius 3 is 2.40 bits per heavy atom. The van der Waals surface area contributed by atoms with Gasteiger partial charge in [-0.25, -0.2) is 0 Å². The molecule has 0 saturated heterocycles. The second-order valence-electron chi connectivity index (χ2n) is 6.63. The number of rotatable bonds is 6. The van der Waals surface area contributed by atoms with Gasteiger partial charge in [-0.2, -0.15) is 5.10 Å². The van der Waals surface area contributed by atoms with Crippen LogP contribution < -0.4 is 10.2 Å². The molecule has 20 heavy (non-hydrogen) atoms. The Labute approximate surface area is 123 Å². The molecule has 1 rings (SSSR count). The molecule has 0 radical (unpaired) electrons. The van der Waals surface area contributed by atoms with Crippen LogP contribution in [0.5, 0.6) is 0 Å². The van der Waals surface area contributed by atoms with Crippen LogP contribution in [0.15, 0.2) is 0 Å². The van der Waals surface area contributed by atoms with E-state index in [-0.39, 0.29) is 12.1 Å². The van der Waals surface area contributed by atoms with Crippen LogP contribution in [-0.4, -0.2) is 39.6 Å². The summed E-state index contributed by atoms with van der Waals surface area (Å²) >= 11 is 0. The maximum Gasteiger partial charge on any atom is 0.131 e. The van der Waals surface area contributed by atoms with Gasteiger partial charge in [0.1, 0.15) is 5.82 Å². The van der Waals surface area contributed by atoms with Crippen LogP contribution in [0, 0.1) is 6.92 Å². The van der Waals surface area contributed by atoms with Gasteiger partial charge in [0.15, 0.2) is 0 Å². The van der Waals surface area contributed by atoms with Crippen LogP contribution in [0.3, 0.4) is 0 Å². The highest BCUT2D eigenvalue weighted by Crippen LogP contribution is 2.25. The van der Waals surface area contributed by atoms with Crippen molar-refractivity contribution in [3.05, 3.63) is 11.3 Å². The van der Waals surface area contributed by atoms with Gasteiger partial charge in [0, 0.05) is 37.3 Å². The second-order valence-corrected chi connectivity index (χ2v) is 6.63. The van der Waals surface area contributed by atoms with E-state index < -0.39 is 0 Å². The quantitative estimate of drug-likeness (QED) is 0.836. The highest BCUT2D eigenvalue weighted by Gasteiger charge is 2.22. The highest BCUT2D eigenvalue weighted by molar-refractivity contribution is 5.51. The predicted octanol–water partition coefficient (Wildman–Crippen LogP) is 1.82. The molecule has 5 nitrogen and oxygen atoms in total. The topological polar surface area (TPSA) is 53.3 Å². The van der Waals surface area contributed by atoms with Crippen molar-refractivity contribution in [1.82, 2.24) is 15.1 Å². The van der Waals surface area contributed by atoms with Crippen LogP contribution in [0.4, 0.5) is 5.82 Å². The minimum absolute atomic E-state index is 0.0686. The average Bonchev–Trinajstić information content (AvgIpc) is 2.57. The van der Waals surface area contributed by atoms with Crippen molar-refractivity contribution in [3.8, 4) is 0 Å². The second kappa shape index (κ2) is 6.59. The van der Waals surface area contributed by atoms with Crippen molar-refractivity contribution in [2.24, 2.45) is 7.05 Å². The Morgan fingerprint density at radius 1 is 1.35 bits per heavy atom. The zero-order valence-electron chi connectivity index (χ0n) is 14.0. The molecule has 0 aromatic carbocycles. The van der Waals surface area contributed by atoms with Gasteiger partial charge in [-0.1, -0.05) is 0 Å². The van der Waals surface area contributed by atoms with Gasteiger partial charge in [0.05, 0.1) is 12.3 Å². The minimum atomic E-state index is 0.0686. The lowest BCUT2D eigenvalue weighted by molar-refractivity contribution is 0.298. The van der Waals surface area contributed by atoms with Crippen LogP contribution in [0.1, 0.15) is 45.9 Å². The monoisotopic (exact) mass is 282 g/mol. The van der Waals surface area contributed by atoms with E-state index >= 15 is 0 Å². The van der Waals surface area contributed by atoms with Crippen molar-refractivity contribution in [2.45, 2.75) is 59.7 Å². The summed E-state index contributed by atoms with van der Waals surface area (Å²) in [6, 6.07) is 0.324. The molecule has 0 saturated carbocycles. The molecule has 1 heterocycles. The number of aliphatic hydroxyl groups excluding tert-OH is 1. The lowest BCUT2D eigenvalue weighted by Crippen LogP contribution is -2.38. The third-order valence-electron chi connectivity index (χ3n) is 3.34. The number of hydrogen-bond acceptors (Lipinski definition) is 4.